The molecule has 2 aliphatic heterocycles. The number of aromatic amines is 1. The number of piperidine rings is 1. The molecular formula is C27H33F2N5O. The summed E-state index contributed by atoms with van der Waals surface area (Å²) in [6.07, 6.45) is 5.49. The van der Waals surface area contributed by atoms with E-state index in [9.17, 15) is 0 Å². The number of hydrogen-bond donors (Lipinski definition) is 3. The van der Waals surface area contributed by atoms with Gasteiger partial charge in [-0.25, -0.2) is 13.8 Å². The van der Waals surface area contributed by atoms with Crippen LogP contribution in [0.15, 0.2) is 36.4 Å². The van der Waals surface area contributed by atoms with E-state index in [0.29, 0.717) is 61.2 Å². The number of H-pyrrole nitrogens is 1. The fourth-order valence-electron chi connectivity index (χ4n) is 5.01. The maximum Gasteiger partial charge on any atom is 0.135 e. The highest BCUT2D eigenvalue weighted by molar-refractivity contribution is 5.93. The Morgan fingerprint density at radius 3 is 2.60 bits per heavy atom. The maximum atomic E-state index is 15.1. The summed E-state index contributed by atoms with van der Waals surface area (Å²) in [6.45, 7) is 5.24. The van der Waals surface area contributed by atoms with Gasteiger partial charge in [-0.05, 0) is 62.0 Å². The third-order valence-electron chi connectivity index (χ3n) is 7.13. The molecule has 2 aromatic carbocycles. The molecule has 3 aromatic rings. The second-order valence-corrected chi connectivity index (χ2v) is 9.46. The van der Waals surface area contributed by atoms with Crippen molar-refractivity contribution in [3.05, 3.63) is 59.4 Å². The van der Waals surface area contributed by atoms with Gasteiger partial charge in [-0.2, -0.15) is 0 Å². The van der Waals surface area contributed by atoms with Crippen molar-refractivity contribution in [3.8, 4) is 11.1 Å². The minimum Gasteiger partial charge on any atom is -0.379 e. The number of benzene rings is 2. The number of hydrogen-bond acceptors (Lipinski definition) is 5. The van der Waals surface area contributed by atoms with Gasteiger partial charge in [-0.3, -0.25) is 4.90 Å². The molecule has 2 fully saturated rings. The lowest BCUT2D eigenvalue weighted by Gasteiger charge is -2.27. The Hall–Kier alpha value is -2.65. The number of para-hydroxylation sites is 1. The fraction of sp³-hybridized carbons (Fsp3) is 0.444. The number of allylic oxidation sites excluding steroid dienone is 1. The SMILES string of the molecule is NC/C(=C\CC1CCNCC1)c1nc2c(-c3cc(F)c(CN4CCOCC4)c(F)c3)cccc2[nH]1. The molecule has 0 saturated carbocycles. The van der Waals surface area contributed by atoms with Crippen molar-refractivity contribution in [2.75, 3.05) is 45.9 Å². The molecule has 0 unspecified atom stereocenters. The van der Waals surface area contributed by atoms with Crippen LogP contribution in [-0.2, 0) is 11.3 Å². The van der Waals surface area contributed by atoms with Gasteiger partial charge in [-0.15, -0.1) is 0 Å². The monoisotopic (exact) mass is 481 g/mol. The third kappa shape index (κ3) is 5.46. The van der Waals surface area contributed by atoms with Gasteiger partial charge in [0.1, 0.15) is 17.5 Å². The molecule has 6 nitrogen and oxygen atoms in total. The van der Waals surface area contributed by atoms with Crippen molar-refractivity contribution in [2.24, 2.45) is 11.7 Å². The predicted octanol–water partition coefficient (Wildman–Crippen LogP) is 4.07. The summed E-state index contributed by atoms with van der Waals surface area (Å²) < 4.78 is 35.5. The van der Waals surface area contributed by atoms with Gasteiger partial charge in [0.15, 0.2) is 0 Å². The molecule has 8 heteroatoms. The molecule has 0 atom stereocenters. The van der Waals surface area contributed by atoms with Crippen molar-refractivity contribution in [2.45, 2.75) is 25.8 Å². The summed E-state index contributed by atoms with van der Waals surface area (Å²) in [7, 11) is 0. The second-order valence-electron chi connectivity index (χ2n) is 9.46. The zero-order valence-electron chi connectivity index (χ0n) is 20.0. The lowest BCUT2D eigenvalue weighted by molar-refractivity contribution is 0.0332. The molecule has 0 amide bonds. The first-order valence-electron chi connectivity index (χ1n) is 12.5. The van der Waals surface area contributed by atoms with Gasteiger partial charge >= 0.3 is 0 Å². The van der Waals surface area contributed by atoms with E-state index in [1.807, 2.05) is 23.1 Å². The molecule has 2 saturated heterocycles. The molecule has 0 radical (unpaired) electrons. The van der Waals surface area contributed by atoms with Crippen LogP contribution in [-0.4, -0.2) is 60.8 Å². The zero-order chi connectivity index (χ0) is 24.2. The van der Waals surface area contributed by atoms with Crippen LogP contribution in [0.4, 0.5) is 8.78 Å². The highest BCUT2D eigenvalue weighted by Crippen LogP contribution is 2.31. The Balaban J connectivity index is 1.42. The maximum absolute atomic E-state index is 15.1. The fourth-order valence-corrected chi connectivity index (χ4v) is 5.01. The first-order valence-corrected chi connectivity index (χ1v) is 12.5. The van der Waals surface area contributed by atoms with Gasteiger partial charge < -0.3 is 20.8 Å². The summed E-state index contributed by atoms with van der Waals surface area (Å²) in [5.74, 6) is 0.293. The minimum atomic E-state index is -0.538. The largest absolute Gasteiger partial charge is 0.379 e. The summed E-state index contributed by atoms with van der Waals surface area (Å²) in [5, 5.41) is 3.39. The van der Waals surface area contributed by atoms with Crippen molar-refractivity contribution in [3.63, 3.8) is 0 Å². The number of fused-ring (bicyclic) bond motifs is 1. The Morgan fingerprint density at radius 1 is 1.14 bits per heavy atom. The average molecular weight is 482 g/mol. The van der Waals surface area contributed by atoms with Crippen LogP contribution in [0.3, 0.4) is 0 Å². The molecule has 35 heavy (non-hydrogen) atoms. The number of rotatable bonds is 7. The average Bonchev–Trinajstić information content (AvgIpc) is 3.32. The molecular weight excluding hydrogens is 448 g/mol. The number of ether oxygens (including phenoxy) is 1. The Labute approximate surface area is 204 Å². The van der Waals surface area contributed by atoms with E-state index in [0.717, 1.165) is 43.4 Å². The normalized spacial score (nSPS) is 18.4. The second kappa shape index (κ2) is 11.0. The van der Waals surface area contributed by atoms with Crippen molar-refractivity contribution in [1.29, 1.82) is 0 Å². The van der Waals surface area contributed by atoms with Crippen LogP contribution in [0, 0.1) is 17.6 Å². The quantitative estimate of drug-likeness (QED) is 0.474. The van der Waals surface area contributed by atoms with Crippen LogP contribution in [0.2, 0.25) is 0 Å². The number of nitrogens with two attached hydrogens (primary N) is 1. The van der Waals surface area contributed by atoms with Crippen LogP contribution < -0.4 is 11.1 Å². The lowest BCUT2D eigenvalue weighted by atomic mass is 9.93. The number of nitrogens with zero attached hydrogens (tertiary/aromatic N) is 2. The predicted molar refractivity (Wildman–Crippen MR) is 135 cm³/mol. The van der Waals surface area contributed by atoms with Gasteiger partial charge in [0, 0.05) is 42.9 Å². The Morgan fingerprint density at radius 2 is 1.89 bits per heavy atom. The number of imidazole rings is 1. The van der Waals surface area contributed by atoms with E-state index in [4.69, 9.17) is 15.5 Å². The molecule has 1 aromatic heterocycles. The molecule has 4 N–H and O–H groups in total. The van der Waals surface area contributed by atoms with Crippen LogP contribution in [0.1, 0.15) is 30.7 Å². The van der Waals surface area contributed by atoms with Gasteiger partial charge in [-0.1, -0.05) is 18.2 Å². The topological polar surface area (TPSA) is 79.2 Å². The molecule has 0 spiro atoms. The molecule has 0 aliphatic carbocycles. The first kappa shape index (κ1) is 24.1. The number of nitrogens with one attached hydrogen (secondary N) is 2. The zero-order valence-corrected chi connectivity index (χ0v) is 20.0. The van der Waals surface area contributed by atoms with Crippen LogP contribution in [0.25, 0.3) is 27.7 Å². The highest BCUT2D eigenvalue weighted by Gasteiger charge is 2.19. The lowest BCUT2D eigenvalue weighted by Crippen LogP contribution is -2.36. The van der Waals surface area contributed by atoms with Crippen molar-refractivity contribution in [1.82, 2.24) is 20.2 Å². The Bertz CT molecular complexity index is 1170. The van der Waals surface area contributed by atoms with E-state index < -0.39 is 11.6 Å². The molecule has 186 valence electrons. The highest BCUT2D eigenvalue weighted by atomic mass is 19.1. The van der Waals surface area contributed by atoms with Gasteiger partial charge in [0.2, 0.25) is 0 Å². The summed E-state index contributed by atoms with van der Waals surface area (Å²) in [6, 6.07) is 8.48. The number of halogens is 2. The van der Waals surface area contributed by atoms with E-state index >= 15 is 8.78 Å². The van der Waals surface area contributed by atoms with Gasteiger partial charge in [0.05, 0.1) is 24.2 Å². The number of morpholine rings is 1. The molecule has 0 bridgehead atoms. The molecule has 5 rings (SSSR count). The first-order chi connectivity index (χ1) is 17.1. The van der Waals surface area contributed by atoms with Crippen LogP contribution in [0.5, 0.6) is 0 Å². The minimum absolute atomic E-state index is 0.0943. The van der Waals surface area contributed by atoms with E-state index in [1.54, 1.807) is 0 Å². The van der Waals surface area contributed by atoms with Gasteiger partial charge in [0.25, 0.3) is 0 Å². The summed E-state index contributed by atoms with van der Waals surface area (Å²) >= 11 is 0. The van der Waals surface area contributed by atoms with Crippen molar-refractivity contribution < 1.29 is 13.5 Å². The van der Waals surface area contributed by atoms with E-state index in [-0.39, 0.29) is 12.1 Å². The van der Waals surface area contributed by atoms with Crippen LogP contribution >= 0.6 is 0 Å². The third-order valence-corrected chi connectivity index (χ3v) is 7.13. The Kier molecular flexibility index (Phi) is 7.53. The molecule has 3 heterocycles. The smallest absolute Gasteiger partial charge is 0.135 e. The summed E-state index contributed by atoms with van der Waals surface area (Å²) in [4.78, 5) is 10.2. The standard InChI is InChI=1S/C27H33F2N5O/c28-23-14-20(15-24(29)22(23)17-34-10-12-35-13-11-34)21-2-1-3-25-26(21)33-27(32-25)19(16-30)5-4-18-6-8-31-9-7-18/h1-3,5,14-15,18,31H,4,6-13,16-17,30H2,(H,32,33)/b19-5+. The van der Waals surface area contributed by atoms with Crippen molar-refractivity contribution >= 4 is 16.6 Å². The molecule has 2 aliphatic rings. The van der Waals surface area contributed by atoms with E-state index in [2.05, 4.69) is 16.4 Å². The summed E-state index contributed by atoms with van der Waals surface area (Å²) in [5.41, 5.74) is 9.79. The number of aromatic nitrogens is 2. The van der Waals surface area contributed by atoms with E-state index in [1.165, 1.54) is 12.1 Å².